The van der Waals surface area contributed by atoms with E-state index in [0.717, 1.165) is 5.56 Å². The highest BCUT2D eigenvalue weighted by Crippen LogP contribution is 2.18. The molecule has 7 heteroatoms. The molecular formula is C13H17N3O4. The molecule has 7 nitrogen and oxygen atoms in total. The average Bonchev–Trinajstić information content (AvgIpc) is 2.37. The fourth-order valence-electron chi connectivity index (χ4n) is 1.63. The predicted octanol–water partition coefficient (Wildman–Crippen LogP) is 0.0884. The number of aromatic carboxylic acids is 1. The average molecular weight is 279 g/mol. The van der Waals surface area contributed by atoms with E-state index in [1.807, 2.05) is 6.92 Å². The zero-order valence-electron chi connectivity index (χ0n) is 11.1. The third-order valence-electron chi connectivity index (χ3n) is 2.74. The molecule has 0 spiro atoms. The lowest BCUT2D eigenvalue weighted by molar-refractivity contribution is -0.123. The summed E-state index contributed by atoms with van der Waals surface area (Å²) in [5.74, 6) is -2.51. The molecule has 2 amide bonds. The number of carbonyl (C=O) groups excluding carboxylic acids is 2. The van der Waals surface area contributed by atoms with Gasteiger partial charge in [-0.3, -0.25) is 9.59 Å². The molecule has 0 saturated carbocycles. The maximum absolute atomic E-state index is 11.7. The molecule has 0 fully saturated rings. The van der Waals surface area contributed by atoms with Gasteiger partial charge in [0.1, 0.15) is 0 Å². The number of anilines is 1. The molecule has 1 atom stereocenters. The first-order valence-electron chi connectivity index (χ1n) is 6.06. The van der Waals surface area contributed by atoms with Crippen molar-refractivity contribution < 1.29 is 19.5 Å². The molecule has 1 rings (SSSR count). The Morgan fingerprint density at radius 3 is 2.50 bits per heavy atom. The molecule has 1 aromatic carbocycles. The van der Waals surface area contributed by atoms with Crippen LogP contribution in [0.5, 0.6) is 0 Å². The van der Waals surface area contributed by atoms with Crippen molar-refractivity contribution in [1.29, 1.82) is 0 Å². The number of benzene rings is 1. The van der Waals surface area contributed by atoms with Crippen LogP contribution in [0.2, 0.25) is 0 Å². The summed E-state index contributed by atoms with van der Waals surface area (Å²) in [7, 11) is 0. The Balaban J connectivity index is 2.94. The molecule has 0 radical (unpaired) electrons. The number of nitrogens with two attached hydrogens (primary N) is 2. The minimum atomic E-state index is -1.15. The number of carbonyl (C=O) groups is 3. The quantitative estimate of drug-likeness (QED) is 0.585. The lowest BCUT2D eigenvalue weighted by Gasteiger charge is -2.13. The van der Waals surface area contributed by atoms with Crippen LogP contribution in [-0.2, 0) is 16.0 Å². The Morgan fingerprint density at radius 2 is 2.00 bits per heavy atom. The maximum Gasteiger partial charge on any atom is 0.337 e. The SMILES string of the molecule is CCc1ccc(NC(=O)[C@@H](N)CC(N)=O)c(C(=O)O)c1. The normalized spacial score (nSPS) is 11.7. The van der Waals surface area contributed by atoms with E-state index in [1.165, 1.54) is 12.1 Å². The molecule has 108 valence electrons. The van der Waals surface area contributed by atoms with Gasteiger partial charge in [-0.1, -0.05) is 13.0 Å². The molecule has 0 unspecified atom stereocenters. The second-order valence-electron chi connectivity index (χ2n) is 4.30. The van der Waals surface area contributed by atoms with Gasteiger partial charge in [-0.25, -0.2) is 4.79 Å². The van der Waals surface area contributed by atoms with Crippen LogP contribution in [0.3, 0.4) is 0 Å². The molecule has 0 saturated heterocycles. The van der Waals surface area contributed by atoms with Crippen molar-refractivity contribution in [3.05, 3.63) is 29.3 Å². The highest BCUT2D eigenvalue weighted by Gasteiger charge is 2.19. The van der Waals surface area contributed by atoms with Crippen molar-refractivity contribution in [3.8, 4) is 0 Å². The molecule has 0 aliphatic carbocycles. The lowest BCUT2D eigenvalue weighted by atomic mass is 10.1. The molecule has 0 aromatic heterocycles. The van der Waals surface area contributed by atoms with Crippen LogP contribution >= 0.6 is 0 Å². The predicted molar refractivity (Wildman–Crippen MR) is 73.2 cm³/mol. The summed E-state index contributed by atoms with van der Waals surface area (Å²) in [5.41, 5.74) is 11.4. The number of primary amides is 1. The standard InChI is InChI=1S/C13H17N3O4/c1-2-7-3-4-10(8(5-7)13(19)20)16-12(18)9(14)6-11(15)17/h3-5,9H,2,6,14H2,1H3,(H2,15,17)(H,16,18)(H,19,20)/t9-/m0/s1. The minimum Gasteiger partial charge on any atom is -0.478 e. The number of hydrogen-bond donors (Lipinski definition) is 4. The van der Waals surface area contributed by atoms with Gasteiger partial charge in [-0.05, 0) is 24.1 Å². The first kappa shape index (κ1) is 15.6. The summed E-state index contributed by atoms with van der Waals surface area (Å²) in [6.45, 7) is 1.89. The van der Waals surface area contributed by atoms with Crippen LogP contribution in [-0.4, -0.2) is 28.9 Å². The van der Waals surface area contributed by atoms with E-state index in [-0.39, 0.29) is 17.7 Å². The van der Waals surface area contributed by atoms with Crippen molar-refractivity contribution in [3.63, 3.8) is 0 Å². The molecule has 0 heterocycles. The van der Waals surface area contributed by atoms with Gasteiger partial charge in [-0.15, -0.1) is 0 Å². The number of aryl methyl sites for hydroxylation is 1. The third-order valence-corrected chi connectivity index (χ3v) is 2.74. The summed E-state index contributed by atoms with van der Waals surface area (Å²) in [6.07, 6.45) is 0.372. The van der Waals surface area contributed by atoms with Crippen LogP contribution in [0.4, 0.5) is 5.69 Å². The third kappa shape index (κ3) is 4.06. The van der Waals surface area contributed by atoms with Gasteiger partial charge in [0.2, 0.25) is 11.8 Å². The van der Waals surface area contributed by atoms with Crippen molar-refractivity contribution in [2.45, 2.75) is 25.8 Å². The summed E-state index contributed by atoms with van der Waals surface area (Å²) >= 11 is 0. The monoisotopic (exact) mass is 279 g/mol. The van der Waals surface area contributed by atoms with E-state index in [9.17, 15) is 14.4 Å². The van der Waals surface area contributed by atoms with Gasteiger partial charge in [-0.2, -0.15) is 0 Å². The van der Waals surface area contributed by atoms with Crippen molar-refractivity contribution in [1.82, 2.24) is 0 Å². The van der Waals surface area contributed by atoms with Crippen LogP contribution in [0.1, 0.15) is 29.3 Å². The molecule has 6 N–H and O–H groups in total. The van der Waals surface area contributed by atoms with Gasteiger partial charge >= 0.3 is 5.97 Å². The van der Waals surface area contributed by atoms with Gasteiger partial charge in [0.25, 0.3) is 0 Å². The summed E-state index contributed by atoms with van der Waals surface area (Å²) in [4.78, 5) is 33.6. The smallest absolute Gasteiger partial charge is 0.337 e. The molecule has 0 aliphatic heterocycles. The fraction of sp³-hybridized carbons (Fsp3) is 0.308. The molecule has 20 heavy (non-hydrogen) atoms. The molecular weight excluding hydrogens is 262 g/mol. The molecule has 1 aromatic rings. The Hall–Kier alpha value is -2.41. The maximum atomic E-state index is 11.7. The fourth-order valence-corrected chi connectivity index (χ4v) is 1.63. The van der Waals surface area contributed by atoms with E-state index in [1.54, 1.807) is 6.07 Å². The topological polar surface area (TPSA) is 136 Å². The Labute approximate surface area is 115 Å². The van der Waals surface area contributed by atoms with E-state index < -0.39 is 23.8 Å². The van der Waals surface area contributed by atoms with E-state index in [4.69, 9.17) is 16.6 Å². The lowest BCUT2D eigenvalue weighted by Crippen LogP contribution is -2.39. The Kier molecular flexibility index (Phi) is 5.22. The first-order chi connectivity index (χ1) is 9.35. The van der Waals surface area contributed by atoms with Crippen LogP contribution in [0.15, 0.2) is 18.2 Å². The molecule has 0 aliphatic rings. The van der Waals surface area contributed by atoms with Crippen LogP contribution in [0, 0.1) is 0 Å². The Morgan fingerprint density at radius 1 is 1.35 bits per heavy atom. The van der Waals surface area contributed by atoms with Gasteiger partial charge in [0.05, 0.1) is 23.7 Å². The summed E-state index contributed by atoms with van der Waals surface area (Å²) < 4.78 is 0. The van der Waals surface area contributed by atoms with Crippen molar-refractivity contribution in [2.24, 2.45) is 11.5 Å². The minimum absolute atomic E-state index is 0.0241. The second-order valence-corrected chi connectivity index (χ2v) is 4.30. The Bertz CT molecular complexity index is 542. The van der Waals surface area contributed by atoms with Gasteiger partial charge in [0.15, 0.2) is 0 Å². The number of nitrogens with one attached hydrogen (secondary N) is 1. The zero-order chi connectivity index (χ0) is 15.3. The number of carboxylic acid groups (broad SMARTS) is 1. The summed E-state index contributed by atoms with van der Waals surface area (Å²) in [5, 5.41) is 11.5. The number of hydrogen-bond acceptors (Lipinski definition) is 4. The number of carboxylic acids is 1. The van der Waals surface area contributed by atoms with Crippen molar-refractivity contribution >= 4 is 23.5 Å². The summed E-state index contributed by atoms with van der Waals surface area (Å²) in [6, 6.07) is 3.58. The van der Waals surface area contributed by atoms with E-state index >= 15 is 0 Å². The van der Waals surface area contributed by atoms with Gasteiger partial charge < -0.3 is 21.9 Å². The van der Waals surface area contributed by atoms with E-state index in [2.05, 4.69) is 5.32 Å². The highest BCUT2D eigenvalue weighted by molar-refractivity contribution is 6.03. The first-order valence-corrected chi connectivity index (χ1v) is 6.06. The highest BCUT2D eigenvalue weighted by atomic mass is 16.4. The van der Waals surface area contributed by atoms with E-state index in [0.29, 0.717) is 6.42 Å². The zero-order valence-corrected chi connectivity index (χ0v) is 11.1. The molecule has 0 bridgehead atoms. The number of amides is 2. The number of rotatable bonds is 6. The van der Waals surface area contributed by atoms with Crippen molar-refractivity contribution in [2.75, 3.05) is 5.32 Å². The second kappa shape index (κ2) is 6.67. The largest absolute Gasteiger partial charge is 0.478 e. The van der Waals surface area contributed by atoms with Crippen LogP contribution < -0.4 is 16.8 Å². The van der Waals surface area contributed by atoms with Gasteiger partial charge in [0, 0.05) is 0 Å². The van der Waals surface area contributed by atoms with Crippen LogP contribution in [0.25, 0.3) is 0 Å².